The van der Waals surface area contributed by atoms with Crippen molar-refractivity contribution in [3.63, 3.8) is 0 Å². The van der Waals surface area contributed by atoms with Crippen molar-refractivity contribution in [1.82, 2.24) is 15.3 Å². The summed E-state index contributed by atoms with van der Waals surface area (Å²) in [5.74, 6) is 0.634. The van der Waals surface area contributed by atoms with Gasteiger partial charge in [-0.3, -0.25) is 10.2 Å². The third kappa shape index (κ3) is 4.21. The van der Waals surface area contributed by atoms with Crippen LogP contribution in [0, 0.1) is 13.8 Å². The fourth-order valence-electron chi connectivity index (χ4n) is 2.08. The summed E-state index contributed by atoms with van der Waals surface area (Å²) in [5.41, 5.74) is 5.27. The van der Waals surface area contributed by atoms with E-state index in [2.05, 4.69) is 24.3 Å². The molecule has 1 heterocycles. The van der Waals surface area contributed by atoms with E-state index in [9.17, 15) is 4.79 Å². The summed E-state index contributed by atoms with van der Waals surface area (Å²) in [4.78, 5) is 14.1. The molecule has 5 heteroatoms. The second-order valence-electron chi connectivity index (χ2n) is 5.36. The molecule has 0 aromatic heterocycles. The molecular formula is C15H23N3O2. The molecule has 1 saturated heterocycles. The van der Waals surface area contributed by atoms with Gasteiger partial charge in [-0.15, -0.1) is 0 Å². The number of benzene rings is 1. The van der Waals surface area contributed by atoms with Gasteiger partial charge in [0.1, 0.15) is 5.75 Å². The maximum Gasteiger partial charge on any atom is 0.272 e. The van der Waals surface area contributed by atoms with Gasteiger partial charge in [0.15, 0.2) is 6.61 Å². The molecule has 20 heavy (non-hydrogen) atoms. The van der Waals surface area contributed by atoms with E-state index in [0.717, 1.165) is 31.9 Å². The Balaban J connectivity index is 1.76. The fraction of sp³-hybridized carbons (Fsp3) is 0.533. The summed E-state index contributed by atoms with van der Waals surface area (Å²) in [7, 11) is 2.09. The highest BCUT2D eigenvalue weighted by atomic mass is 16.5. The van der Waals surface area contributed by atoms with Gasteiger partial charge in [0.05, 0.1) is 0 Å². The maximum atomic E-state index is 11.8. The normalized spacial score (nSPS) is 16.9. The number of hydrazine groups is 1. The molecule has 0 spiro atoms. The summed E-state index contributed by atoms with van der Waals surface area (Å²) in [6, 6.07) is 5.85. The van der Waals surface area contributed by atoms with Crippen LogP contribution in [-0.4, -0.2) is 55.6 Å². The summed E-state index contributed by atoms with van der Waals surface area (Å²) in [6.45, 7) is 7.79. The third-order valence-corrected chi connectivity index (χ3v) is 3.63. The highest BCUT2D eigenvalue weighted by Crippen LogP contribution is 2.16. The van der Waals surface area contributed by atoms with Crippen molar-refractivity contribution in [3.05, 3.63) is 29.3 Å². The minimum absolute atomic E-state index is 0.0504. The predicted molar refractivity (Wildman–Crippen MR) is 78.6 cm³/mol. The lowest BCUT2D eigenvalue weighted by atomic mass is 10.1. The molecule has 1 fully saturated rings. The second kappa shape index (κ2) is 6.72. The van der Waals surface area contributed by atoms with Gasteiger partial charge < -0.3 is 9.64 Å². The number of nitrogens with zero attached hydrogens (tertiary/aromatic N) is 2. The monoisotopic (exact) mass is 277 g/mol. The molecule has 2 rings (SSSR count). The topological polar surface area (TPSA) is 44.8 Å². The van der Waals surface area contributed by atoms with Crippen LogP contribution in [-0.2, 0) is 4.79 Å². The number of rotatable bonds is 4. The molecule has 0 saturated carbocycles. The SMILES string of the molecule is Cc1ccc(OCC(=O)NN2CCN(C)CC2)cc1C. The first-order chi connectivity index (χ1) is 9.54. The number of ether oxygens (including phenoxy) is 1. The fourth-order valence-corrected chi connectivity index (χ4v) is 2.08. The molecule has 1 aromatic carbocycles. The number of likely N-dealkylation sites (N-methyl/N-ethyl adjacent to an activating group) is 1. The number of nitrogens with one attached hydrogen (secondary N) is 1. The first-order valence-electron chi connectivity index (χ1n) is 6.97. The van der Waals surface area contributed by atoms with Crippen molar-refractivity contribution >= 4 is 5.91 Å². The highest BCUT2D eigenvalue weighted by Gasteiger charge is 2.15. The van der Waals surface area contributed by atoms with Crippen LogP contribution in [0.5, 0.6) is 5.75 Å². The van der Waals surface area contributed by atoms with E-state index in [-0.39, 0.29) is 12.5 Å². The lowest BCUT2D eigenvalue weighted by molar-refractivity contribution is -0.128. The largest absolute Gasteiger partial charge is 0.484 e. The molecule has 0 aliphatic carbocycles. The van der Waals surface area contributed by atoms with E-state index in [1.807, 2.05) is 30.1 Å². The van der Waals surface area contributed by atoms with E-state index in [1.54, 1.807) is 0 Å². The Labute approximate surface area is 120 Å². The zero-order valence-electron chi connectivity index (χ0n) is 12.5. The van der Waals surface area contributed by atoms with Crippen LogP contribution in [0.1, 0.15) is 11.1 Å². The summed E-state index contributed by atoms with van der Waals surface area (Å²) in [5, 5.41) is 1.95. The molecule has 5 nitrogen and oxygen atoms in total. The van der Waals surface area contributed by atoms with Crippen LogP contribution in [0.25, 0.3) is 0 Å². The smallest absolute Gasteiger partial charge is 0.272 e. The molecule has 110 valence electrons. The van der Waals surface area contributed by atoms with Crippen LogP contribution in [0.4, 0.5) is 0 Å². The minimum atomic E-state index is -0.104. The average Bonchev–Trinajstić information content (AvgIpc) is 2.43. The van der Waals surface area contributed by atoms with E-state index < -0.39 is 0 Å². The standard InChI is InChI=1S/C15H23N3O2/c1-12-4-5-14(10-13(12)2)20-11-15(19)16-18-8-6-17(3)7-9-18/h4-5,10H,6-9,11H2,1-3H3,(H,16,19). The van der Waals surface area contributed by atoms with Crippen molar-refractivity contribution in [2.75, 3.05) is 39.8 Å². The van der Waals surface area contributed by atoms with Gasteiger partial charge >= 0.3 is 0 Å². The number of hydrogen-bond donors (Lipinski definition) is 1. The Morgan fingerprint density at radius 2 is 1.90 bits per heavy atom. The summed E-state index contributed by atoms with van der Waals surface area (Å²) in [6.07, 6.45) is 0. The van der Waals surface area contributed by atoms with Gasteiger partial charge in [0.25, 0.3) is 5.91 Å². The van der Waals surface area contributed by atoms with Gasteiger partial charge in [0.2, 0.25) is 0 Å². The van der Waals surface area contributed by atoms with Crippen molar-refractivity contribution in [1.29, 1.82) is 0 Å². The highest BCUT2D eigenvalue weighted by molar-refractivity contribution is 5.77. The zero-order chi connectivity index (χ0) is 14.5. The number of piperazine rings is 1. The molecule has 1 aliphatic heterocycles. The van der Waals surface area contributed by atoms with E-state index in [1.165, 1.54) is 11.1 Å². The number of carbonyl (C=O) groups excluding carboxylic acids is 1. The lowest BCUT2D eigenvalue weighted by Gasteiger charge is -2.32. The van der Waals surface area contributed by atoms with E-state index in [0.29, 0.717) is 0 Å². The molecular weight excluding hydrogens is 254 g/mol. The molecule has 0 bridgehead atoms. The number of aryl methyl sites for hydroxylation is 2. The second-order valence-corrected chi connectivity index (χ2v) is 5.36. The Morgan fingerprint density at radius 3 is 2.55 bits per heavy atom. The minimum Gasteiger partial charge on any atom is -0.484 e. The van der Waals surface area contributed by atoms with Gasteiger partial charge in [0, 0.05) is 26.2 Å². The Kier molecular flexibility index (Phi) is 4.98. The average molecular weight is 277 g/mol. The van der Waals surface area contributed by atoms with Gasteiger partial charge in [-0.05, 0) is 44.2 Å². The summed E-state index contributed by atoms with van der Waals surface area (Å²) >= 11 is 0. The van der Waals surface area contributed by atoms with E-state index >= 15 is 0 Å². The van der Waals surface area contributed by atoms with Gasteiger partial charge in [-0.1, -0.05) is 6.07 Å². The first kappa shape index (κ1) is 14.8. The van der Waals surface area contributed by atoms with Gasteiger partial charge in [-0.25, -0.2) is 5.01 Å². The third-order valence-electron chi connectivity index (χ3n) is 3.63. The molecule has 0 atom stereocenters. The molecule has 1 aliphatic rings. The van der Waals surface area contributed by atoms with Crippen molar-refractivity contribution in [2.24, 2.45) is 0 Å². The Morgan fingerprint density at radius 1 is 1.20 bits per heavy atom. The van der Waals surface area contributed by atoms with Gasteiger partial charge in [-0.2, -0.15) is 0 Å². The maximum absolute atomic E-state index is 11.8. The zero-order valence-corrected chi connectivity index (χ0v) is 12.5. The molecule has 0 radical (unpaired) electrons. The van der Waals surface area contributed by atoms with Crippen molar-refractivity contribution in [2.45, 2.75) is 13.8 Å². The van der Waals surface area contributed by atoms with E-state index in [4.69, 9.17) is 4.74 Å². The number of amides is 1. The van der Waals surface area contributed by atoms with Crippen LogP contribution in [0.15, 0.2) is 18.2 Å². The molecule has 1 aromatic rings. The van der Waals surface area contributed by atoms with Crippen molar-refractivity contribution in [3.8, 4) is 5.75 Å². The Hall–Kier alpha value is -1.59. The molecule has 1 amide bonds. The predicted octanol–water partition coefficient (Wildman–Crippen LogP) is 0.961. The molecule has 1 N–H and O–H groups in total. The van der Waals surface area contributed by atoms with Crippen LogP contribution >= 0.6 is 0 Å². The number of carbonyl (C=O) groups is 1. The van der Waals surface area contributed by atoms with Crippen LogP contribution in [0.2, 0.25) is 0 Å². The van der Waals surface area contributed by atoms with Crippen LogP contribution in [0.3, 0.4) is 0 Å². The Bertz CT molecular complexity index is 468. The number of hydrogen-bond acceptors (Lipinski definition) is 4. The first-order valence-corrected chi connectivity index (χ1v) is 6.97. The quantitative estimate of drug-likeness (QED) is 0.890. The van der Waals surface area contributed by atoms with Crippen molar-refractivity contribution < 1.29 is 9.53 Å². The molecule has 0 unspecified atom stereocenters. The summed E-state index contributed by atoms with van der Waals surface area (Å²) < 4.78 is 5.52. The van der Waals surface area contributed by atoms with Crippen LogP contribution < -0.4 is 10.2 Å². The lowest BCUT2D eigenvalue weighted by Crippen LogP contribution is -2.53.